The van der Waals surface area contributed by atoms with Gasteiger partial charge in [-0.25, -0.2) is 9.97 Å². The van der Waals surface area contributed by atoms with Gasteiger partial charge >= 0.3 is 0 Å². The Hall–Kier alpha value is -2.30. The fourth-order valence-electron chi connectivity index (χ4n) is 2.19. The van der Waals surface area contributed by atoms with Crippen LogP contribution in [0.2, 0.25) is 0 Å². The van der Waals surface area contributed by atoms with Crippen molar-refractivity contribution in [3.63, 3.8) is 0 Å². The Balaban J connectivity index is 1.96. The predicted molar refractivity (Wildman–Crippen MR) is 81.7 cm³/mol. The summed E-state index contributed by atoms with van der Waals surface area (Å²) in [6, 6.07) is 7.80. The zero-order valence-corrected chi connectivity index (χ0v) is 12.3. The average Bonchev–Trinajstić information content (AvgIpc) is 3.00. The first-order valence-electron chi connectivity index (χ1n) is 7.32. The molecule has 1 aliphatic heterocycles. The van der Waals surface area contributed by atoms with Crippen molar-refractivity contribution in [3.8, 4) is 22.9 Å². The molecule has 1 N–H and O–H groups in total. The minimum atomic E-state index is 0.276. The van der Waals surface area contributed by atoms with Crippen molar-refractivity contribution >= 4 is 5.82 Å². The van der Waals surface area contributed by atoms with Gasteiger partial charge in [0, 0.05) is 23.9 Å². The summed E-state index contributed by atoms with van der Waals surface area (Å²) in [7, 11) is 0. The van der Waals surface area contributed by atoms with E-state index in [0.29, 0.717) is 5.82 Å². The molecule has 0 radical (unpaired) electrons. The fourth-order valence-corrected chi connectivity index (χ4v) is 2.19. The Labute approximate surface area is 124 Å². The van der Waals surface area contributed by atoms with Crippen molar-refractivity contribution < 1.29 is 9.47 Å². The van der Waals surface area contributed by atoms with E-state index in [9.17, 15) is 0 Å². The van der Waals surface area contributed by atoms with Crippen LogP contribution < -0.4 is 14.8 Å². The Morgan fingerprint density at radius 1 is 1.10 bits per heavy atom. The smallest absolute Gasteiger partial charge is 0.231 e. The molecule has 3 rings (SSSR count). The molecule has 0 unspecified atom stereocenters. The molecular weight excluding hydrogens is 266 g/mol. The molecule has 1 aromatic carbocycles. The lowest BCUT2D eigenvalue weighted by Gasteiger charge is -2.09. The number of benzene rings is 1. The van der Waals surface area contributed by atoms with Crippen LogP contribution in [-0.2, 0) is 6.42 Å². The van der Waals surface area contributed by atoms with Gasteiger partial charge in [0.1, 0.15) is 5.82 Å². The van der Waals surface area contributed by atoms with E-state index in [1.807, 2.05) is 24.3 Å². The second-order valence-electron chi connectivity index (χ2n) is 4.92. The molecule has 0 saturated carbocycles. The van der Waals surface area contributed by atoms with Gasteiger partial charge < -0.3 is 14.8 Å². The van der Waals surface area contributed by atoms with Crippen molar-refractivity contribution in [2.75, 3.05) is 18.7 Å². The standard InChI is InChI=1S/C16H19N3O2/c1-3-7-17-15-9-12(4-2)18-16(19-15)11-5-6-13-14(8-11)21-10-20-13/h5-6,8-9H,3-4,7,10H2,1-2H3,(H,17,18,19). The highest BCUT2D eigenvalue weighted by Crippen LogP contribution is 2.35. The molecule has 2 heterocycles. The van der Waals surface area contributed by atoms with E-state index in [2.05, 4.69) is 29.1 Å². The second-order valence-corrected chi connectivity index (χ2v) is 4.92. The first-order chi connectivity index (χ1) is 10.3. The fraction of sp³-hybridized carbons (Fsp3) is 0.375. The van der Waals surface area contributed by atoms with Gasteiger partial charge in [-0.2, -0.15) is 0 Å². The highest BCUT2D eigenvalue weighted by atomic mass is 16.7. The van der Waals surface area contributed by atoms with E-state index in [0.717, 1.165) is 48.0 Å². The van der Waals surface area contributed by atoms with Gasteiger partial charge in [-0.05, 0) is 31.0 Å². The van der Waals surface area contributed by atoms with E-state index in [1.165, 1.54) is 0 Å². The van der Waals surface area contributed by atoms with Gasteiger partial charge in [0.2, 0.25) is 6.79 Å². The Bertz CT molecular complexity index is 643. The van der Waals surface area contributed by atoms with Gasteiger partial charge in [0.05, 0.1) is 0 Å². The van der Waals surface area contributed by atoms with Gasteiger partial charge in [0.15, 0.2) is 17.3 Å². The molecule has 0 amide bonds. The number of ether oxygens (including phenoxy) is 2. The van der Waals surface area contributed by atoms with E-state index >= 15 is 0 Å². The maximum absolute atomic E-state index is 5.42. The SMILES string of the molecule is CCCNc1cc(CC)nc(-c2ccc3c(c2)OCO3)n1. The second kappa shape index (κ2) is 5.99. The Morgan fingerprint density at radius 3 is 2.76 bits per heavy atom. The van der Waals surface area contributed by atoms with E-state index in [4.69, 9.17) is 9.47 Å². The van der Waals surface area contributed by atoms with Gasteiger partial charge in [-0.3, -0.25) is 0 Å². The number of nitrogens with one attached hydrogen (secondary N) is 1. The summed E-state index contributed by atoms with van der Waals surface area (Å²) in [4.78, 5) is 9.20. The van der Waals surface area contributed by atoms with Crippen LogP contribution in [0.15, 0.2) is 24.3 Å². The molecule has 5 nitrogen and oxygen atoms in total. The molecule has 0 fully saturated rings. The molecule has 2 aromatic rings. The molecule has 0 spiro atoms. The van der Waals surface area contributed by atoms with Crippen molar-refractivity contribution in [3.05, 3.63) is 30.0 Å². The number of rotatable bonds is 5. The van der Waals surface area contributed by atoms with Gasteiger partial charge in [0.25, 0.3) is 0 Å². The Morgan fingerprint density at radius 2 is 1.95 bits per heavy atom. The third kappa shape index (κ3) is 2.91. The summed E-state index contributed by atoms with van der Waals surface area (Å²) in [5.41, 5.74) is 1.96. The molecular formula is C16H19N3O2. The lowest BCUT2D eigenvalue weighted by atomic mass is 10.2. The minimum absolute atomic E-state index is 0.276. The summed E-state index contributed by atoms with van der Waals surface area (Å²) in [5, 5.41) is 3.32. The third-order valence-corrected chi connectivity index (χ3v) is 3.33. The summed E-state index contributed by atoms with van der Waals surface area (Å²) >= 11 is 0. The topological polar surface area (TPSA) is 56.3 Å². The van der Waals surface area contributed by atoms with Crippen LogP contribution in [0.5, 0.6) is 11.5 Å². The summed E-state index contributed by atoms with van der Waals surface area (Å²) in [6.07, 6.45) is 1.94. The number of fused-ring (bicyclic) bond motifs is 1. The largest absolute Gasteiger partial charge is 0.454 e. The van der Waals surface area contributed by atoms with Crippen LogP contribution in [0.1, 0.15) is 26.0 Å². The molecule has 21 heavy (non-hydrogen) atoms. The maximum Gasteiger partial charge on any atom is 0.231 e. The monoisotopic (exact) mass is 285 g/mol. The summed E-state index contributed by atoms with van der Waals surface area (Å²) in [6.45, 7) is 5.40. The predicted octanol–water partition coefficient (Wildman–Crippen LogP) is 3.26. The van der Waals surface area contributed by atoms with Crippen LogP contribution in [0, 0.1) is 0 Å². The lowest BCUT2D eigenvalue weighted by molar-refractivity contribution is 0.174. The number of aromatic nitrogens is 2. The number of nitrogens with zero attached hydrogens (tertiary/aromatic N) is 2. The number of aryl methyl sites for hydroxylation is 1. The first kappa shape index (κ1) is 13.7. The highest BCUT2D eigenvalue weighted by Gasteiger charge is 2.15. The number of anilines is 1. The minimum Gasteiger partial charge on any atom is -0.454 e. The van der Waals surface area contributed by atoms with Gasteiger partial charge in [-0.15, -0.1) is 0 Å². The molecule has 5 heteroatoms. The maximum atomic E-state index is 5.42. The lowest BCUT2D eigenvalue weighted by Crippen LogP contribution is -2.05. The number of hydrogen-bond donors (Lipinski definition) is 1. The van der Waals surface area contributed by atoms with Crippen LogP contribution in [0.3, 0.4) is 0 Å². The first-order valence-corrected chi connectivity index (χ1v) is 7.32. The zero-order valence-electron chi connectivity index (χ0n) is 12.3. The van der Waals surface area contributed by atoms with Crippen LogP contribution in [-0.4, -0.2) is 23.3 Å². The highest BCUT2D eigenvalue weighted by molar-refractivity contribution is 5.63. The van der Waals surface area contributed by atoms with Crippen LogP contribution in [0.25, 0.3) is 11.4 Å². The summed E-state index contributed by atoms with van der Waals surface area (Å²) < 4.78 is 10.8. The van der Waals surface area contributed by atoms with Crippen LogP contribution >= 0.6 is 0 Å². The average molecular weight is 285 g/mol. The Kier molecular flexibility index (Phi) is 3.90. The van der Waals surface area contributed by atoms with Crippen molar-refractivity contribution in [2.24, 2.45) is 0 Å². The molecule has 0 saturated heterocycles. The number of hydrogen-bond acceptors (Lipinski definition) is 5. The van der Waals surface area contributed by atoms with E-state index in [1.54, 1.807) is 0 Å². The molecule has 0 atom stereocenters. The molecule has 110 valence electrons. The van der Waals surface area contributed by atoms with Gasteiger partial charge in [-0.1, -0.05) is 13.8 Å². The zero-order chi connectivity index (χ0) is 14.7. The molecule has 0 bridgehead atoms. The van der Waals surface area contributed by atoms with Crippen molar-refractivity contribution in [1.29, 1.82) is 0 Å². The summed E-state index contributed by atoms with van der Waals surface area (Å²) in [5.74, 6) is 3.11. The van der Waals surface area contributed by atoms with Crippen molar-refractivity contribution in [2.45, 2.75) is 26.7 Å². The van der Waals surface area contributed by atoms with Crippen LogP contribution in [0.4, 0.5) is 5.82 Å². The van der Waals surface area contributed by atoms with E-state index in [-0.39, 0.29) is 6.79 Å². The van der Waals surface area contributed by atoms with E-state index < -0.39 is 0 Å². The molecule has 1 aliphatic rings. The quantitative estimate of drug-likeness (QED) is 0.913. The molecule has 1 aromatic heterocycles. The normalized spacial score (nSPS) is 12.5. The molecule has 0 aliphatic carbocycles. The third-order valence-electron chi connectivity index (χ3n) is 3.33. The van der Waals surface area contributed by atoms with Crippen molar-refractivity contribution in [1.82, 2.24) is 9.97 Å².